The maximum absolute atomic E-state index is 7.25. The van der Waals surface area contributed by atoms with Gasteiger partial charge in [0.25, 0.3) is 0 Å². The van der Waals surface area contributed by atoms with Gasteiger partial charge < -0.3 is 36.4 Å². The van der Waals surface area contributed by atoms with E-state index in [0.29, 0.717) is 5.75 Å². The standard InChI is InChI=1S/C57H60N4O4P4/c1-7-53(59-37-33-42-21-11-15-25-46(42)59)67-63-50-29-19-31-52(65-69-57(6,9-3)61-39-35-44-23-13-17-27-48(44)61)55(50)54-49(62-66-40(4)58-36-32-41-20-10-14-24-45(41)58)28-18-30-51(54)64-68-56(5,8-2)60-38-34-43-22-12-16-26-47(43)60/h10-40,53,66-69H,7-9H2,1-6H3. The maximum atomic E-state index is 7.25. The summed E-state index contributed by atoms with van der Waals surface area (Å²) in [7, 11) is 0.347. The van der Waals surface area contributed by atoms with Crippen molar-refractivity contribution in [3.05, 3.63) is 183 Å². The van der Waals surface area contributed by atoms with Gasteiger partial charge in [-0.2, -0.15) is 0 Å². The fourth-order valence-corrected chi connectivity index (χ4v) is 12.9. The first kappa shape index (κ1) is 47.1. The van der Waals surface area contributed by atoms with Crippen molar-refractivity contribution in [1.82, 2.24) is 18.3 Å². The molecule has 0 radical (unpaired) electrons. The number of hydrogen-bond donors (Lipinski definition) is 0. The molecule has 0 amide bonds. The largest absolute Gasteiger partial charge is 0.474 e. The van der Waals surface area contributed by atoms with Crippen molar-refractivity contribution >= 4 is 78.8 Å². The zero-order valence-corrected chi connectivity index (χ0v) is 44.0. The van der Waals surface area contributed by atoms with Crippen molar-refractivity contribution in [2.45, 2.75) is 82.9 Å². The molecule has 0 N–H and O–H groups in total. The van der Waals surface area contributed by atoms with Crippen molar-refractivity contribution in [3.8, 4) is 34.1 Å². The second-order valence-electron chi connectivity index (χ2n) is 18.0. The number of rotatable bonds is 20. The summed E-state index contributed by atoms with van der Waals surface area (Å²) in [6.45, 7) is 13.5. The molecular formula is C57H60N4O4P4. The highest BCUT2D eigenvalue weighted by Gasteiger charge is 2.32. The van der Waals surface area contributed by atoms with Gasteiger partial charge in [0.1, 0.15) is 23.0 Å². The third kappa shape index (κ3) is 9.31. The van der Waals surface area contributed by atoms with Crippen LogP contribution < -0.4 is 18.1 Å². The van der Waals surface area contributed by atoms with Crippen LogP contribution in [0.4, 0.5) is 0 Å². The number of hydrogen-bond acceptors (Lipinski definition) is 4. The van der Waals surface area contributed by atoms with Crippen molar-refractivity contribution in [2.24, 2.45) is 0 Å². The maximum Gasteiger partial charge on any atom is 0.134 e. The molecule has 0 saturated carbocycles. The molecular weight excluding hydrogens is 929 g/mol. The van der Waals surface area contributed by atoms with E-state index in [1.54, 1.807) is 0 Å². The van der Waals surface area contributed by atoms with Crippen LogP contribution in [0.5, 0.6) is 23.0 Å². The average Bonchev–Trinajstić information content (AvgIpc) is 4.23. The summed E-state index contributed by atoms with van der Waals surface area (Å²) in [6, 6.07) is 55.4. The lowest BCUT2D eigenvalue weighted by Crippen LogP contribution is -2.24. The average molecular weight is 989 g/mol. The predicted octanol–water partition coefficient (Wildman–Crippen LogP) is 17.5. The van der Waals surface area contributed by atoms with E-state index in [9.17, 15) is 0 Å². The van der Waals surface area contributed by atoms with E-state index >= 15 is 0 Å². The molecule has 10 aromatic rings. The van der Waals surface area contributed by atoms with Crippen LogP contribution in [0.2, 0.25) is 0 Å². The van der Waals surface area contributed by atoms with Crippen LogP contribution in [0.15, 0.2) is 183 Å². The highest BCUT2D eigenvalue weighted by Crippen LogP contribution is 2.56. The Bertz CT molecular complexity index is 3380. The Morgan fingerprint density at radius 3 is 1.26 bits per heavy atom. The predicted molar refractivity (Wildman–Crippen MR) is 297 cm³/mol. The first-order chi connectivity index (χ1) is 33.7. The van der Waals surface area contributed by atoms with Crippen molar-refractivity contribution in [2.75, 3.05) is 0 Å². The van der Waals surface area contributed by atoms with Crippen LogP contribution in [0.1, 0.15) is 72.4 Å². The van der Waals surface area contributed by atoms with Gasteiger partial charge in [0.05, 0.1) is 68.5 Å². The van der Waals surface area contributed by atoms with E-state index in [0.717, 1.165) is 47.6 Å². The first-order valence-electron chi connectivity index (χ1n) is 24.0. The normalized spacial score (nSPS) is 15.2. The fourth-order valence-electron chi connectivity index (χ4n) is 9.29. The molecule has 10 rings (SSSR count). The Kier molecular flexibility index (Phi) is 13.9. The molecule has 8 unspecified atom stereocenters. The van der Waals surface area contributed by atoms with Gasteiger partial charge in [0.15, 0.2) is 0 Å². The van der Waals surface area contributed by atoms with Crippen molar-refractivity contribution < 1.29 is 18.1 Å². The molecule has 0 aliphatic carbocycles. The highest BCUT2D eigenvalue weighted by atomic mass is 31.1. The van der Waals surface area contributed by atoms with Gasteiger partial charge in [-0.25, -0.2) is 0 Å². The summed E-state index contributed by atoms with van der Waals surface area (Å²) in [5.74, 6) is 3.05. The van der Waals surface area contributed by atoms with E-state index in [4.69, 9.17) is 18.1 Å². The molecule has 8 nitrogen and oxygen atoms in total. The van der Waals surface area contributed by atoms with Crippen LogP contribution >= 0.6 is 35.2 Å². The van der Waals surface area contributed by atoms with Gasteiger partial charge in [-0.1, -0.05) is 106 Å². The third-order valence-electron chi connectivity index (χ3n) is 13.7. The van der Waals surface area contributed by atoms with E-state index in [-0.39, 0.29) is 57.4 Å². The quantitative estimate of drug-likeness (QED) is 0.0714. The molecule has 0 fully saturated rings. The summed E-state index contributed by atoms with van der Waals surface area (Å²) < 4.78 is 38.2. The molecule has 8 atom stereocenters. The Labute approximate surface area is 412 Å². The van der Waals surface area contributed by atoms with E-state index in [1.165, 1.54) is 43.6 Å². The Balaban J connectivity index is 1.08. The van der Waals surface area contributed by atoms with Crippen molar-refractivity contribution in [3.63, 3.8) is 0 Å². The van der Waals surface area contributed by atoms with E-state index < -0.39 is 0 Å². The van der Waals surface area contributed by atoms with Gasteiger partial charge in [-0.3, -0.25) is 0 Å². The van der Waals surface area contributed by atoms with Crippen LogP contribution in [0.3, 0.4) is 0 Å². The second kappa shape index (κ2) is 20.4. The summed E-state index contributed by atoms with van der Waals surface area (Å²) in [5.41, 5.74) is 6.41. The molecule has 0 aliphatic heterocycles. The Morgan fingerprint density at radius 2 is 0.797 bits per heavy atom. The minimum atomic E-state index is -0.336. The third-order valence-corrected chi connectivity index (χ3v) is 18.6. The second-order valence-corrected chi connectivity index (χ2v) is 23.4. The van der Waals surface area contributed by atoms with Gasteiger partial charge in [0.2, 0.25) is 0 Å². The SMILES string of the molecule is CCC(POc1cccc(OPC(C)(CC)n2ccc3ccccc32)c1-c1c(OPC(C)n2ccc3ccccc32)cccc1OPC(C)(CC)n1ccc2ccccc21)n1ccc2ccccc21. The zero-order valence-electron chi connectivity index (χ0n) is 40.0. The molecule has 0 spiro atoms. The lowest BCUT2D eigenvalue weighted by molar-refractivity contribution is 0.443. The molecule has 4 aromatic heterocycles. The number of benzene rings is 6. The molecule has 0 aliphatic rings. The molecule has 0 bridgehead atoms. The van der Waals surface area contributed by atoms with Gasteiger partial charge in [0, 0.05) is 46.9 Å². The highest BCUT2D eigenvalue weighted by molar-refractivity contribution is 7.34. The Morgan fingerprint density at radius 1 is 0.420 bits per heavy atom. The van der Waals surface area contributed by atoms with Crippen LogP contribution in [-0.4, -0.2) is 18.3 Å². The smallest absolute Gasteiger partial charge is 0.134 e. The van der Waals surface area contributed by atoms with Crippen LogP contribution in [0.25, 0.3) is 54.7 Å². The van der Waals surface area contributed by atoms with Crippen LogP contribution in [0, 0.1) is 0 Å². The van der Waals surface area contributed by atoms with Gasteiger partial charge in [-0.15, -0.1) is 0 Å². The van der Waals surface area contributed by atoms with E-state index in [1.807, 2.05) is 0 Å². The molecule has 352 valence electrons. The minimum absolute atomic E-state index is 0.0585. The van der Waals surface area contributed by atoms with Crippen LogP contribution in [-0.2, 0) is 10.6 Å². The first-order valence-corrected chi connectivity index (χ1v) is 27.7. The topological polar surface area (TPSA) is 56.6 Å². The number of para-hydroxylation sites is 4. The van der Waals surface area contributed by atoms with E-state index in [2.05, 4.69) is 242 Å². The number of aromatic nitrogens is 4. The summed E-state index contributed by atoms with van der Waals surface area (Å²) in [4.78, 5) is 0. The molecule has 69 heavy (non-hydrogen) atoms. The number of fused-ring (bicyclic) bond motifs is 4. The summed E-state index contributed by atoms with van der Waals surface area (Å²) in [5, 5.41) is 4.18. The summed E-state index contributed by atoms with van der Waals surface area (Å²) >= 11 is 0. The van der Waals surface area contributed by atoms with Gasteiger partial charge in [-0.05, 0) is 134 Å². The minimum Gasteiger partial charge on any atom is -0.474 e. The molecule has 12 heteroatoms. The van der Waals surface area contributed by atoms with Crippen molar-refractivity contribution in [1.29, 1.82) is 0 Å². The molecule has 0 saturated heterocycles. The molecule has 6 aromatic carbocycles. The Hall–Kier alpha value is -5.60. The lowest BCUT2D eigenvalue weighted by atomic mass is 10.0. The summed E-state index contributed by atoms with van der Waals surface area (Å²) in [6.07, 6.45) is 11.4. The zero-order chi connectivity index (χ0) is 47.5. The molecule has 4 heterocycles. The van der Waals surface area contributed by atoms with Gasteiger partial charge >= 0.3 is 0 Å². The lowest BCUT2D eigenvalue weighted by Gasteiger charge is -2.32. The number of nitrogens with zero attached hydrogens (tertiary/aromatic N) is 4. The monoisotopic (exact) mass is 988 g/mol. The fraction of sp³-hybridized carbons (Fsp3) is 0.228.